The molecule has 1 unspecified atom stereocenters. The second-order valence-electron chi connectivity index (χ2n) is 7.59. The van der Waals surface area contributed by atoms with Gasteiger partial charge in [-0.05, 0) is 62.9 Å². The second kappa shape index (κ2) is 11.4. The molecule has 170 valence electrons. The van der Waals surface area contributed by atoms with E-state index in [0.29, 0.717) is 18.2 Å². The highest BCUT2D eigenvalue weighted by atomic mass is 35.5. The van der Waals surface area contributed by atoms with Crippen LogP contribution in [0.3, 0.4) is 0 Å². The third-order valence-corrected chi connectivity index (χ3v) is 6.62. The van der Waals surface area contributed by atoms with Gasteiger partial charge >= 0.3 is 0 Å². The quantitative estimate of drug-likeness (QED) is 0.413. The first-order chi connectivity index (χ1) is 15.4. The SMILES string of the molecule is CCn1c(SCC(=O)NCCc2ccccc2)nnc1C(C)Oc1cc(C)c(Cl)c(C)c1. The number of aryl methyl sites for hydroxylation is 2. The summed E-state index contributed by atoms with van der Waals surface area (Å²) < 4.78 is 8.11. The van der Waals surface area contributed by atoms with Gasteiger partial charge in [0.1, 0.15) is 5.75 Å². The second-order valence-corrected chi connectivity index (χ2v) is 8.91. The summed E-state index contributed by atoms with van der Waals surface area (Å²) in [5, 5.41) is 13.1. The summed E-state index contributed by atoms with van der Waals surface area (Å²) in [7, 11) is 0. The Morgan fingerprint density at radius 2 is 1.88 bits per heavy atom. The molecule has 0 aliphatic rings. The van der Waals surface area contributed by atoms with Crippen molar-refractivity contribution in [2.45, 2.75) is 51.9 Å². The molecule has 2 aromatic carbocycles. The van der Waals surface area contributed by atoms with E-state index in [2.05, 4.69) is 27.6 Å². The van der Waals surface area contributed by atoms with E-state index in [-0.39, 0.29) is 17.8 Å². The van der Waals surface area contributed by atoms with Crippen LogP contribution in [0.25, 0.3) is 0 Å². The van der Waals surface area contributed by atoms with Crippen LogP contribution in [0.4, 0.5) is 0 Å². The van der Waals surface area contributed by atoms with Crippen molar-refractivity contribution in [3.8, 4) is 5.75 Å². The first kappa shape index (κ1) is 24.1. The highest BCUT2D eigenvalue weighted by Crippen LogP contribution is 2.29. The van der Waals surface area contributed by atoms with Crippen molar-refractivity contribution in [2.75, 3.05) is 12.3 Å². The molecule has 8 heteroatoms. The van der Waals surface area contributed by atoms with E-state index >= 15 is 0 Å². The molecular formula is C24H29ClN4O2S. The Hall–Kier alpha value is -2.51. The van der Waals surface area contributed by atoms with Gasteiger partial charge in [0, 0.05) is 18.1 Å². The summed E-state index contributed by atoms with van der Waals surface area (Å²) in [6.07, 6.45) is 0.516. The molecule has 0 saturated carbocycles. The van der Waals surface area contributed by atoms with Gasteiger partial charge in [-0.3, -0.25) is 4.79 Å². The molecule has 0 aliphatic carbocycles. The first-order valence-electron chi connectivity index (χ1n) is 10.7. The average molecular weight is 473 g/mol. The predicted octanol–water partition coefficient (Wildman–Crippen LogP) is 5.16. The van der Waals surface area contributed by atoms with Gasteiger partial charge in [-0.1, -0.05) is 53.7 Å². The number of nitrogens with zero attached hydrogens (tertiary/aromatic N) is 3. The predicted molar refractivity (Wildman–Crippen MR) is 130 cm³/mol. The number of nitrogens with one attached hydrogen (secondary N) is 1. The van der Waals surface area contributed by atoms with E-state index in [0.717, 1.165) is 34.1 Å². The molecule has 0 radical (unpaired) electrons. The molecule has 1 heterocycles. The van der Waals surface area contributed by atoms with E-state index in [1.807, 2.05) is 62.6 Å². The van der Waals surface area contributed by atoms with E-state index in [1.54, 1.807) is 0 Å². The zero-order valence-corrected chi connectivity index (χ0v) is 20.5. The zero-order chi connectivity index (χ0) is 23.1. The number of aromatic nitrogens is 3. The summed E-state index contributed by atoms with van der Waals surface area (Å²) >= 11 is 7.64. The lowest BCUT2D eigenvalue weighted by Gasteiger charge is -2.17. The van der Waals surface area contributed by atoms with Gasteiger partial charge in [-0.25, -0.2) is 0 Å². The van der Waals surface area contributed by atoms with Crippen molar-refractivity contribution in [2.24, 2.45) is 0 Å². The van der Waals surface area contributed by atoms with Crippen molar-refractivity contribution >= 4 is 29.3 Å². The molecule has 3 aromatic rings. The number of benzene rings is 2. The third-order valence-electron chi connectivity index (χ3n) is 5.06. The smallest absolute Gasteiger partial charge is 0.230 e. The number of hydrogen-bond donors (Lipinski definition) is 1. The molecule has 3 rings (SSSR count). The lowest BCUT2D eigenvalue weighted by molar-refractivity contribution is -0.118. The van der Waals surface area contributed by atoms with Crippen molar-refractivity contribution in [1.29, 1.82) is 0 Å². The number of halogens is 1. The number of thioether (sulfide) groups is 1. The number of rotatable bonds is 10. The summed E-state index contributed by atoms with van der Waals surface area (Å²) in [6.45, 7) is 9.19. The van der Waals surface area contributed by atoms with Crippen LogP contribution in [0.1, 0.15) is 42.5 Å². The first-order valence-corrected chi connectivity index (χ1v) is 12.0. The Morgan fingerprint density at radius 1 is 1.19 bits per heavy atom. The topological polar surface area (TPSA) is 69.0 Å². The number of ether oxygens (including phenoxy) is 1. The van der Waals surface area contributed by atoms with Gasteiger partial charge in [0.15, 0.2) is 17.1 Å². The maximum absolute atomic E-state index is 12.3. The lowest BCUT2D eigenvalue weighted by Crippen LogP contribution is -2.27. The molecule has 0 aliphatic heterocycles. The van der Waals surface area contributed by atoms with Gasteiger partial charge in [-0.15, -0.1) is 10.2 Å². The summed E-state index contributed by atoms with van der Waals surface area (Å²) in [5.41, 5.74) is 3.15. The molecule has 0 bridgehead atoms. The lowest BCUT2D eigenvalue weighted by atomic mass is 10.1. The Labute approximate surface area is 198 Å². The number of hydrogen-bond acceptors (Lipinski definition) is 5. The van der Waals surface area contributed by atoms with Gasteiger partial charge in [0.25, 0.3) is 0 Å². The number of carbonyl (C=O) groups is 1. The van der Waals surface area contributed by atoms with Crippen molar-refractivity contribution in [3.05, 3.63) is 70.0 Å². The van der Waals surface area contributed by atoms with Crippen molar-refractivity contribution in [3.63, 3.8) is 0 Å². The van der Waals surface area contributed by atoms with E-state index in [1.165, 1.54) is 17.3 Å². The largest absolute Gasteiger partial charge is 0.483 e. The average Bonchev–Trinajstić information content (AvgIpc) is 3.20. The van der Waals surface area contributed by atoms with E-state index in [9.17, 15) is 4.79 Å². The minimum atomic E-state index is -0.295. The number of amides is 1. The third kappa shape index (κ3) is 6.26. The van der Waals surface area contributed by atoms with Gasteiger partial charge in [0.05, 0.1) is 5.75 Å². The monoisotopic (exact) mass is 472 g/mol. The highest BCUT2D eigenvalue weighted by molar-refractivity contribution is 7.99. The van der Waals surface area contributed by atoms with Crippen molar-refractivity contribution < 1.29 is 9.53 Å². The molecule has 1 amide bonds. The van der Waals surface area contributed by atoms with Gasteiger partial charge in [-0.2, -0.15) is 0 Å². The summed E-state index contributed by atoms with van der Waals surface area (Å²) in [6, 6.07) is 14.0. The van der Waals surface area contributed by atoms with Crippen LogP contribution in [0.5, 0.6) is 5.75 Å². The van der Waals surface area contributed by atoms with Crippen molar-refractivity contribution in [1.82, 2.24) is 20.1 Å². The van der Waals surface area contributed by atoms with Crippen LogP contribution < -0.4 is 10.1 Å². The minimum Gasteiger partial charge on any atom is -0.483 e. The van der Waals surface area contributed by atoms with Crippen LogP contribution in [0.15, 0.2) is 47.6 Å². The maximum Gasteiger partial charge on any atom is 0.230 e. The molecule has 0 saturated heterocycles. The molecule has 0 fully saturated rings. The fraction of sp³-hybridized carbons (Fsp3) is 0.375. The Morgan fingerprint density at radius 3 is 2.53 bits per heavy atom. The normalized spacial score (nSPS) is 11.9. The zero-order valence-electron chi connectivity index (χ0n) is 18.9. The standard InChI is InChI=1S/C24H29ClN4O2S/c1-5-29-23(18(4)31-20-13-16(2)22(25)17(3)14-20)27-28-24(29)32-15-21(30)26-12-11-19-9-7-6-8-10-19/h6-10,13-14,18H,5,11-12,15H2,1-4H3,(H,26,30). The van der Waals surface area contributed by atoms with Crippen LogP contribution in [0.2, 0.25) is 5.02 Å². The van der Waals surface area contributed by atoms with Crippen LogP contribution >= 0.6 is 23.4 Å². The molecule has 1 aromatic heterocycles. The Kier molecular flexibility index (Phi) is 8.59. The van der Waals surface area contributed by atoms with Gasteiger partial charge in [0.2, 0.25) is 5.91 Å². The molecule has 32 heavy (non-hydrogen) atoms. The maximum atomic E-state index is 12.3. The van der Waals surface area contributed by atoms with Crippen LogP contribution in [-0.4, -0.2) is 33.0 Å². The van der Waals surface area contributed by atoms with E-state index < -0.39 is 0 Å². The fourth-order valence-electron chi connectivity index (χ4n) is 3.41. The van der Waals surface area contributed by atoms with Crippen LogP contribution in [0, 0.1) is 13.8 Å². The van der Waals surface area contributed by atoms with E-state index in [4.69, 9.17) is 16.3 Å². The summed E-state index contributed by atoms with van der Waals surface area (Å²) in [4.78, 5) is 12.3. The molecule has 0 spiro atoms. The van der Waals surface area contributed by atoms with Gasteiger partial charge < -0.3 is 14.6 Å². The molecule has 1 N–H and O–H groups in total. The summed E-state index contributed by atoms with van der Waals surface area (Å²) in [5.74, 6) is 1.74. The molecular weight excluding hydrogens is 444 g/mol. The molecule has 6 nitrogen and oxygen atoms in total. The van der Waals surface area contributed by atoms with Crippen LogP contribution in [-0.2, 0) is 17.8 Å². The minimum absolute atomic E-state index is 0.0189. The Bertz CT molecular complexity index is 1030. The highest BCUT2D eigenvalue weighted by Gasteiger charge is 2.20. The molecule has 1 atom stereocenters. The Balaban J connectivity index is 1.56. The number of carbonyl (C=O) groups excluding carboxylic acids is 1. The fourth-order valence-corrected chi connectivity index (χ4v) is 4.36.